The van der Waals surface area contributed by atoms with Crippen LogP contribution in [0.5, 0.6) is 0 Å². The summed E-state index contributed by atoms with van der Waals surface area (Å²) >= 11 is 18.1. The topological polar surface area (TPSA) is 12.0 Å². The standard InChI is InChI=1S/C17H18Cl3N/c1-2-21-16(9-12-3-6-14(18)7-4-12)10-13-5-8-15(19)11-17(13)20/h3-8,11,16,21H,2,9-10H2,1H3. The second kappa shape index (κ2) is 8.05. The third-order valence-electron chi connectivity index (χ3n) is 3.37. The first-order valence-corrected chi connectivity index (χ1v) is 8.13. The summed E-state index contributed by atoms with van der Waals surface area (Å²) in [5.74, 6) is 0. The van der Waals surface area contributed by atoms with Crippen LogP contribution < -0.4 is 5.32 Å². The Morgan fingerprint density at radius 2 is 1.57 bits per heavy atom. The first-order chi connectivity index (χ1) is 10.1. The van der Waals surface area contributed by atoms with E-state index in [1.54, 1.807) is 6.07 Å². The maximum atomic E-state index is 6.27. The second-order valence-corrected chi connectivity index (χ2v) is 6.31. The van der Waals surface area contributed by atoms with E-state index < -0.39 is 0 Å². The van der Waals surface area contributed by atoms with Gasteiger partial charge in [-0.05, 0) is 54.8 Å². The van der Waals surface area contributed by atoms with Crippen LogP contribution in [-0.2, 0) is 12.8 Å². The second-order valence-electron chi connectivity index (χ2n) is 5.03. The van der Waals surface area contributed by atoms with Crippen LogP contribution in [0.2, 0.25) is 15.1 Å². The normalized spacial score (nSPS) is 12.4. The number of hydrogen-bond acceptors (Lipinski definition) is 1. The van der Waals surface area contributed by atoms with Crippen molar-refractivity contribution in [3.63, 3.8) is 0 Å². The Bertz CT molecular complexity index is 581. The molecule has 1 N–H and O–H groups in total. The molecule has 0 saturated carbocycles. The minimum absolute atomic E-state index is 0.329. The summed E-state index contributed by atoms with van der Waals surface area (Å²) in [6.07, 6.45) is 1.80. The van der Waals surface area contributed by atoms with Gasteiger partial charge in [0.2, 0.25) is 0 Å². The zero-order valence-corrected chi connectivity index (χ0v) is 14.1. The van der Waals surface area contributed by atoms with Crippen molar-refractivity contribution in [3.05, 3.63) is 68.7 Å². The fourth-order valence-corrected chi connectivity index (χ4v) is 2.97. The first-order valence-electron chi connectivity index (χ1n) is 7.00. The van der Waals surface area contributed by atoms with Crippen molar-refractivity contribution in [2.75, 3.05) is 6.54 Å². The van der Waals surface area contributed by atoms with Crippen LogP contribution in [0.1, 0.15) is 18.1 Å². The van der Waals surface area contributed by atoms with E-state index in [1.807, 2.05) is 24.3 Å². The molecule has 0 heterocycles. The highest BCUT2D eigenvalue weighted by Gasteiger charge is 2.12. The fraction of sp³-hybridized carbons (Fsp3) is 0.294. The molecule has 1 unspecified atom stereocenters. The number of benzene rings is 2. The third kappa shape index (κ3) is 5.19. The number of nitrogens with one attached hydrogen (secondary N) is 1. The molecule has 1 nitrogen and oxygen atoms in total. The van der Waals surface area contributed by atoms with E-state index in [0.29, 0.717) is 11.1 Å². The van der Waals surface area contributed by atoms with Gasteiger partial charge in [0.15, 0.2) is 0 Å². The first kappa shape index (κ1) is 16.6. The van der Waals surface area contributed by atoms with Gasteiger partial charge in [-0.2, -0.15) is 0 Å². The van der Waals surface area contributed by atoms with E-state index in [4.69, 9.17) is 34.8 Å². The molecule has 0 radical (unpaired) electrons. The lowest BCUT2D eigenvalue weighted by molar-refractivity contribution is 0.521. The predicted molar refractivity (Wildman–Crippen MR) is 92.8 cm³/mol. The van der Waals surface area contributed by atoms with Gasteiger partial charge in [0.1, 0.15) is 0 Å². The summed E-state index contributed by atoms with van der Waals surface area (Å²) in [6.45, 7) is 3.03. The summed E-state index contributed by atoms with van der Waals surface area (Å²) in [5.41, 5.74) is 2.37. The summed E-state index contributed by atoms with van der Waals surface area (Å²) < 4.78 is 0. The SMILES string of the molecule is CCNC(Cc1ccc(Cl)cc1)Cc1ccc(Cl)cc1Cl. The van der Waals surface area contributed by atoms with Crippen molar-refractivity contribution in [2.45, 2.75) is 25.8 Å². The van der Waals surface area contributed by atoms with Gasteiger partial charge < -0.3 is 5.32 Å². The summed E-state index contributed by atoms with van der Waals surface area (Å²) in [6, 6.07) is 14.0. The molecule has 0 saturated heterocycles. The minimum Gasteiger partial charge on any atom is -0.314 e. The van der Waals surface area contributed by atoms with Gasteiger partial charge in [-0.25, -0.2) is 0 Å². The van der Waals surface area contributed by atoms with Crippen molar-refractivity contribution in [1.29, 1.82) is 0 Å². The lowest BCUT2D eigenvalue weighted by Crippen LogP contribution is -2.33. The fourth-order valence-electron chi connectivity index (χ4n) is 2.36. The highest BCUT2D eigenvalue weighted by molar-refractivity contribution is 6.35. The van der Waals surface area contributed by atoms with Gasteiger partial charge in [0, 0.05) is 21.1 Å². The Morgan fingerprint density at radius 3 is 2.19 bits per heavy atom. The largest absolute Gasteiger partial charge is 0.314 e. The molecule has 0 aromatic heterocycles. The summed E-state index contributed by atoms with van der Waals surface area (Å²) in [7, 11) is 0. The quantitative estimate of drug-likeness (QED) is 0.740. The van der Waals surface area contributed by atoms with Crippen molar-refractivity contribution < 1.29 is 0 Å². The van der Waals surface area contributed by atoms with E-state index in [2.05, 4.69) is 24.4 Å². The number of hydrogen-bond donors (Lipinski definition) is 1. The lowest BCUT2D eigenvalue weighted by Gasteiger charge is -2.19. The lowest BCUT2D eigenvalue weighted by atomic mass is 9.99. The van der Waals surface area contributed by atoms with Crippen LogP contribution >= 0.6 is 34.8 Å². The molecule has 4 heteroatoms. The molecule has 0 spiro atoms. The average molecular weight is 343 g/mol. The number of likely N-dealkylation sites (N-methyl/N-ethyl adjacent to an activating group) is 1. The van der Waals surface area contributed by atoms with Crippen LogP contribution in [0, 0.1) is 0 Å². The average Bonchev–Trinajstić information content (AvgIpc) is 2.44. The molecular weight excluding hydrogens is 325 g/mol. The highest BCUT2D eigenvalue weighted by atomic mass is 35.5. The molecule has 0 aliphatic heterocycles. The van der Waals surface area contributed by atoms with Crippen LogP contribution in [-0.4, -0.2) is 12.6 Å². The van der Waals surface area contributed by atoms with E-state index in [1.165, 1.54) is 5.56 Å². The molecule has 112 valence electrons. The number of halogens is 3. The Balaban J connectivity index is 2.09. The van der Waals surface area contributed by atoms with Gasteiger partial charge in [0.25, 0.3) is 0 Å². The molecule has 0 aliphatic rings. The molecule has 0 amide bonds. The molecule has 2 rings (SSSR count). The van der Waals surface area contributed by atoms with Crippen molar-refractivity contribution >= 4 is 34.8 Å². The molecule has 21 heavy (non-hydrogen) atoms. The van der Waals surface area contributed by atoms with Gasteiger partial charge in [-0.15, -0.1) is 0 Å². The predicted octanol–water partition coefficient (Wildman–Crippen LogP) is 5.41. The van der Waals surface area contributed by atoms with Crippen LogP contribution in [0.25, 0.3) is 0 Å². The Kier molecular flexibility index (Phi) is 6.38. The summed E-state index contributed by atoms with van der Waals surface area (Å²) in [5, 5.41) is 5.67. The Morgan fingerprint density at radius 1 is 0.905 bits per heavy atom. The highest BCUT2D eigenvalue weighted by Crippen LogP contribution is 2.23. The van der Waals surface area contributed by atoms with E-state index in [-0.39, 0.29) is 0 Å². The maximum Gasteiger partial charge on any atom is 0.0453 e. The van der Waals surface area contributed by atoms with Gasteiger partial charge in [-0.1, -0.05) is 59.9 Å². The van der Waals surface area contributed by atoms with Crippen LogP contribution in [0.15, 0.2) is 42.5 Å². The van der Waals surface area contributed by atoms with E-state index >= 15 is 0 Å². The molecule has 0 fully saturated rings. The van der Waals surface area contributed by atoms with Crippen LogP contribution in [0.3, 0.4) is 0 Å². The van der Waals surface area contributed by atoms with Gasteiger partial charge in [0.05, 0.1) is 0 Å². The smallest absolute Gasteiger partial charge is 0.0453 e. The third-order valence-corrected chi connectivity index (χ3v) is 4.21. The zero-order valence-electron chi connectivity index (χ0n) is 11.9. The molecule has 1 atom stereocenters. The van der Waals surface area contributed by atoms with Crippen molar-refractivity contribution in [3.8, 4) is 0 Å². The van der Waals surface area contributed by atoms with Crippen LogP contribution in [0.4, 0.5) is 0 Å². The van der Waals surface area contributed by atoms with Gasteiger partial charge in [-0.3, -0.25) is 0 Å². The molecular formula is C17H18Cl3N. The maximum absolute atomic E-state index is 6.27. The van der Waals surface area contributed by atoms with E-state index in [0.717, 1.165) is 35.0 Å². The van der Waals surface area contributed by atoms with Crippen molar-refractivity contribution in [1.82, 2.24) is 5.32 Å². The molecule has 2 aromatic carbocycles. The Labute approximate surface area is 141 Å². The molecule has 0 aliphatic carbocycles. The minimum atomic E-state index is 0.329. The molecule has 2 aromatic rings. The molecule has 0 bridgehead atoms. The van der Waals surface area contributed by atoms with Gasteiger partial charge >= 0.3 is 0 Å². The van der Waals surface area contributed by atoms with E-state index in [9.17, 15) is 0 Å². The summed E-state index contributed by atoms with van der Waals surface area (Å²) in [4.78, 5) is 0. The Hall–Kier alpha value is -0.730. The monoisotopic (exact) mass is 341 g/mol. The zero-order chi connectivity index (χ0) is 15.2. The number of rotatable bonds is 6. The van der Waals surface area contributed by atoms with Crippen molar-refractivity contribution in [2.24, 2.45) is 0 Å².